The van der Waals surface area contributed by atoms with Gasteiger partial charge in [0.05, 0.1) is 5.69 Å². The van der Waals surface area contributed by atoms with Gasteiger partial charge in [0.25, 0.3) is 11.8 Å². The van der Waals surface area contributed by atoms with Crippen LogP contribution in [0.4, 0.5) is 0 Å². The van der Waals surface area contributed by atoms with Crippen LogP contribution in [0.1, 0.15) is 180 Å². The number of benzene rings is 6. The summed E-state index contributed by atoms with van der Waals surface area (Å²) in [5, 5.41) is 8.64. The molecule has 9 aromatic rings. The molecule has 0 atom stereocenters. The number of rotatable bonds is 6. The first-order valence-corrected chi connectivity index (χ1v) is 29.7. The van der Waals surface area contributed by atoms with Crippen LogP contribution < -0.4 is 11.5 Å². The van der Waals surface area contributed by atoms with Gasteiger partial charge in [0, 0.05) is 58.6 Å². The number of hydrogen-bond donors (Lipinski definition) is 2. The number of pyridine rings is 2. The Kier molecular flexibility index (Phi) is 19.7. The zero-order chi connectivity index (χ0) is 61.8. The minimum absolute atomic E-state index is 0.0857. The number of Topliss-reactive ketones (excluding diaryl/α,β-unsaturated/α-hetero) is 1. The number of aryl methyl sites for hydroxylation is 9. The van der Waals surface area contributed by atoms with Crippen LogP contribution in [0.2, 0.25) is 0 Å². The minimum atomic E-state index is -0.525. The Balaban J connectivity index is 0.000000173. The van der Waals surface area contributed by atoms with E-state index in [1.165, 1.54) is 94.6 Å². The molecule has 0 unspecified atom stereocenters. The Morgan fingerprint density at radius 1 is 0.369 bits per heavy atom. The summed E-state index contributed by atoms with van der Waals surface area (Å²) in [4.78, 5) is 45.4. The summed E-state index contributed by atoms with van der Waals surface area (Å²) in [6.45, 7) is 39.1. The summed E-state index contributed by atoms with van der Waals surface area (Å²) in [7, 11) is 0. The standard InChI is InChI=1S/C24H23NO.C23H22N2O.C22H21N3O.3C2H6/c1-13-7-6-8-19(16(13)4)24-23-20-10-15(3)14(2)9-18(20)11-21(23)22(12-25-24)17(5)26;1-12-6-5-7-17(15(12)4)20-11-25-22(23(24)26)19-10-16-8-13(2)14(3)9-18(16)21(19)20;1-11-6-5-7-16(14(11)4)20-19-17-9-13(3)12(2)8-15(17)10-18(19)21(22(23)26)25-24-20;3*1-2/h6-10,12H,11H2,1-5H3;5-9,11H,10H2,1-4H3,(H2,24,26);5-9H,10H2,1-4H3,(H2,23,26);3*1-2H3. The van der Waals surface area contributed by atoms with Crippen molar-refractivity contribution in [3.8, 4) is 67.0 Å². The van der Waals surface area contributed by atoms with Crippen molar-refractivity contribution in [1.82, 2.24) is 20.2 Å². The molecule has 3 aliphatic rings. The number of primary amides is 2. The molecule has 432 valence electrons. The number of aromatic nitrogens is 4. The van der Waals surface area contributed by atoms with E-state index in [2.05, 4.69) is 183 Å². The minimum Gasteiger partial charge on any atom is -0.364 e. The fraction of sp³-hybridized carbons (Fsp3) is 0.293. The molecule has 0 radical (unpaired) electrons. The highest BCUT2D eigenvalue weighted by atomic mass is 16.1. The molecule has 3 aliphatic carbocycles. The van der Waals surface area contributed by atoms with Crippen LogP contribution in [-0.2, 0) is 19.3 Å². The largest absolute Gasteiger partial charge is 0.364 e. The van der Waals surface area contributed by atoms with Crippen molar-refractivity contribution in [3.05, 3.63) is 220 Å². The van der Waals surface area contributed by atoms with Gasteiger partial charge in [0.15, 0.2) is 11.5 Å². The molecular formula is C75H84N6O3. The summed E-state index contributed by atoms with van der Waals surface area (Å²) in [5.74, 6) is -0.903. The SMILES string of the molecule is CC.CC.CC.CC(=O)c1cnc(-c2cccc(C)c2C)c2c1Cc1cc(C)c(C)cc1-2.Cc1cc2c(cc1C)-c1c(-c3cccc(C)c3C)cnc(C(N)=O)c1C2.Cc1cc2c(cc1C)-c1c(-c3cccc(C)c3C)nnc(C(N)=O)c1C2. The number of amides is 2. The number of hydrogen-bond acceptors (Lipinski definition) is 7. The van der Waals surface area contributed by atoms with Gasteiger partial charge in [-0.2, -0.15) is 0 Å². The van der Waals surface area contributed by atoms with Crippen LogP contribution in [0.5, 0.6) is 0 Å². The highest BCUT2D eigenvalue weighted by Crippen LogP contribution is 2.48. The zero-order valence-electron chi connectivity index (χ0n) is 53.1. The molecule has 84 heavy (non-hydrogen) atoms. The van der Waals surface area contributed by atoms with Crippen LogP contribution in [0.25, 0.3) is 67.0 Å². The lowest BCUT2D eigenvalue weighted by atomic mass is 9.90. The normalized spacial score (nSPS) is 11.4. The quantitative estimate of drug-likeness (QED) is 0.157. The molecule has 0 aliphatic heterocycles. The third-order valence-corrected chi connectivity index (χ3v) is 17.0. The van der Waals surface area contributed by atoms with Crippen molar-refractivity contribution in [3.63, 3.8) is 0 Å². The second kappa shape index (κ2) is 26.3. The molecule has 0 saturated heterocycles. The van der Waals surface area contributed by atoms with Crippen LogP contribution in [-0.4, -0.2) is 37.8 Å². The highest BCUT2D eigenvalue weighted by molar-refractivity contribution is 6.03. The molecule has 0 fully saturated rings. The molecule has 6 aromatic carbocycles. The van der Waals surface area contributed by atoms with E-state index in [9.17, 15) is 14.4 Å². The van der Waals surface area contributed by atoms with Crippen molar-refractivity contribution in [2.75, 3.05) is 0 Å². The highest BCUT2D eigenvalue weighted by Gasteiger charge is 2.32. The molecule has 3 heterocycles. The van der Waals surface area contributed by atoms with Gasteiger partial charge < -0.3 is 11.5 Å². The van der Waals surface area contributed by atoms with E-state index in [0.717, 1.165) is 84.6 Å². The average Bonchev–Trinajstić information content (AvgIpc) is 2.13. The van der Waals surface area contributed by atoms with E-state index in [1.807, 2.05) is 53.8 Å². The molecule has 12 rings (SSSR count). The van der Waals surface area contributed by atoms with Crippen LogP contribution in [0.15, 0.2) is 103 Å². The van der Waals surface area contributed by atoms with Gasteiger partial charge in [-0.3, -0.25) is 24.4 Å². The van der Waals surface area contributed by atoms with E-state index >= 15 is 0 Å². The fourth-order valence-corrected chi connectivity index (χ4v) is 11.7. The lowest BCUT2D eigenvalue weighted by molar-refractivity contribution is 0.0986. The topological polar surface area (TPSA) is 155 Å². The van der Waals surface area contributed by atoms with E-state index in [-0.39, 0.29) is 11.5 Å². The van der Waals surface area contributed by atoms with Crippen molar-refractivity contribution < 1.29 is 14.4 Å². The van der Waals surface area contributed by atoms with Crippen molar-refractivity contribution in [2.45, 2.75) is 151 Å². The van der Waals surface area contributed by atoms with Crippen molar-refractivity contribution in [1.29, 1.82) is 0 Å². The molecule has 0 saturated carbocycles. The number of nitrogens with two attached hydrogens (primary N) is 2. The Morgan fingerprint density at radius 2 is 0.738 bits per heavy atom. The predicted octanol–water partition coefficient (Wildman–Crippen LogP) is 17.5. The predicted molar refractivity (Wildman–Crippen MR) is 349 cm³/mol. The van der Waals surface area contributed by atoms with Crippen LogP contribution in [0.3, 0.4) is 0 Å². The van der Waals surface area contributed by atoms with E-state index < -0.39 is 11.8 Å². The maximum Gasteiger partial charge on any atom is 0.269 e. The van der Waals surface area contributed by atoms with Gasteiger partial charge >= 0.3 is 0 Å². The summed E-state index contributed by atoms with van der Waals surface area (Å²) in [6, 6.07) is 32.2. The van der Waals surface area contributed by atoms with Gasteiger partial charge in [-0.25, -0.2) is 0 Å². The van der Waals surface area contributed by atoms with E-state index in [4.69, 9.17) is 16.5 Å². The summed E-state index contributed by atoms with van der Waals surface area (Å²) < 4.78 is 0. The lowest BCUT2D eigenvalue weighted by Crippen LogP contribution is -2.17. The number of fused-ring (bicyclic) bond motifs is 9. The van der Waals surface area contributed by atoms with Crippen LogP contribution in [0, 0.1) is 83.1 Å². The Hall–Kier alpha value is -8.69. The molecule has 2 amide bonds. The van der Waals surface area contributed by atoms with Gasteiger partial charge in [0.1, 0.15) is 11.4 Å². The molecule has 9 nitrogen and oxygen atoms in total. The third-order valence-electron chi connectivity index (χ3n) is 17.0. The molecule has 3 aromatic heterocycles. The number of nitrogens with zero attached hydrogens (tertiary/aromatic N) is 4. The summed E-state index contributed by atoms with van der Waals surface area (Å²) >= 11 is 0. The number of ketones is 1. The second-order valence-corrected chi connectivity index (χ2v) is 21.8. The first-order valence-electron chi connectivity index (χ1n) is 29.7. The monoisotopic (exact) mass is 1120 g/mol. The molecular weight excluding hydrogens is 1030 g/mol. The summed E-state index contributed by atoms with van der Waals surface area (Å²) in [5.41, 5.74) is 47.3. The first-order chi connectivity index (χ1) is 40.1. The number of carbonyl (C=O) groups excluding carboxylic acids is 3. The average molecular weight is 1120 g/mol. The second-order valence-electron chi connectivity index (χ2n) is 21.8. The van der Waals surface area contributed by atoms with Gasteiger partial charge in [0.2, 0.25) is 0 Å². The van der Waals surface area contributed by atoms with Gasteiger partial charge in [-0.05, 0) is 224 Å². The van der Waals surface area contributed by atoms with E-state index in [0.29, 0.717) is 18.5 Å². The van der Waals surface area contributed by atoms with Crippen LogP contribution >= 0.6 is 0 Å². The molecule has 0 bridgehead atoms. The summed E-state index contributed by atoms with van der Waals surface area (Å²) in [6.07, 6.45) is 5.75. The van der Waals surface area contributed by atoms with Crippen molar-refractivity contribution >= 4 is 17.6 Å². The maximum absolute atomic E-state index is 12.2. The van der Waals surface area contributed by atoms with Gasteiger partial charge in [-0.15, -0.1) is 10.2 Å². The Morgan fingerprint density at radius 3 is 1.18 bits per heavy atom. The fourth-order valence-electron chi connectivity index (χ4n) is 11.7. The first kappa shape index (κ1) is 62.9. The number of carbonyl (C=O) groups is 3. The van der Waals surface area contributed by atoms with E-state index in [1.54, 1.807) is 13.1 Å². The van der Waals surface area contributed by atoms with Gasteiger partial charge in [-0.1, -0.05) is 133 Å². The van der Waals surface area contributed by atoms with Crippen molar-refractivity contribution in [2.24, 2.45) is 11.5 Å². The Labute approximate surface area is 499 Å². The molecule has 4 N–H and O–H groups in total. The lowest BCUT2D eigenvalue weighted by Gasteiger charge is -2.15. The zero-order valence-corrected chi connectivity index (χ0v) is 53.1. The smallest absolute Gasteiger partial charge is 0.269 e. The molecule has 0 spiro atoms. The molecule has 9 heteroatoms. The third kappa shape index (κ3) is 11.8. The Bertz CT molecular complexity index is 3660. The maximum atomic E-state index is 12.2.